The van der Waals surface area contributed by atoms with Gasteiger partial charge in [-0.15, -0.1) is 6.58 Å². The number of halogens is 1. The fourth-order valence-electron chi connectivity index (χ4n) is 1.45. The second-order valence-electron chi connectivity index (χ2n) is 4.01. The van der Waals surface area contributed by atoms with Crippen molar-refractivity contribution in [2.24, 2.45) is 0 Å². The van der Waals surface area contributed by atoms with Gasteiger partial charge in [-0.3, -0.25) is 4.79 Å². The van der Waals surface area contributed by atoms with E-state index in [-0.39, 0.29) is 10.6 Å². The topological polar surface area (TPSA) is 65.4 Å². The van der Waals surface area contributed by atoms with Crippen LogP contribution in [0.15, 0.2) is 23.6 Å². The molecule has 112 valence electrons. The van der Waals surface area contributed by atoms with E-state index in [4.69, 9.17) is 21.1 Å². The molecule has 0 atom stereocenters. The third-order valence-corrected chi connectivity index (χ3v) is 2.89. The summed E-state index contributed by atoms with van der Waals surface area (Å²) in [6, 6.07) is 0. The minimum atomic E-state index is -0.332. The Morgan fingerprint density at radius 1 is 1.50 bits per heavy atom. The van der Waals surface area contributed by atoms with Crippen molar-refractivity contribution in [3.05, 3.63) is 34.2 Å². The van der Waals surface area contributed by atoms with Gasteiger partial charge >= 0.3 is 0 Å². The van der Waals surface area contributed by atoms with Crippen LogP contribution in [-0.2, 0) is 16.0 Å². The monoisotopic (exact) mass is 301 g/mol. The molecule has 1 aromatic heterocycles. The van der Waals surface area contributed by atoms with Crippen molar-refractivity contribution in [1.82, 2.24) is 9.78 Å². The largest absolute Gasteiger partial charge is 0.383 e. The lowest BCUT2D eigenvalue weighted by molar-refractivity contribution is 0.149. The minimum Gasteiger partial charge on any atom is -0.383 e. The summed E-state index contributed by atoms with van der Waals surface area (Å²) in [4.78, 5) is 11.9. The van der Waals surface area contributed by atoms with Gasteiger partial charge in [-0.25, -0.2) is 4.68 Å². The molecule has 20 heavy (non-hydrogen) atoms. The maximum Gasteiger partial charge on any atom is 0.287 e. The third kappa shape index (κ3) is 5.32. The van der Waals surface area contributed by atoms with Crippen molar-refractivity contribution in [1.29, 1.82) is 0 Å². The van der Waals surface area contributed by atoms with E-state index in [0.717, 1.165) is 6.42 Å². The van der Waals surface area contributed by atoms with Crippen molar-refractivity contribution in [2.75, 3.05) is 38.8 Å². The first kappa shape index (κ1) is 16.7. The number of ether oxygens (including phenoxy) is 2. The molecule has 0 spiro atoms. The van der Waals surface area contributed by atoms with Gasteiger partial charge < -0.3 is 14.8 Å². The summed E-state index contributed by atoms with van der Waals surface area (Å²) in [5, 5.41) is 7.18. The number of nitrogens with one attached hydrogen (secondary N) is 1. The van der Waals surface area contributed by atoms with Crippen LogP contribution in [0.5, 0.6) is 0 Å². The Kier molecular flexibility index (Phi) is 7.94. The van der Waals surface area contributed by atoms with Gasteiger partial charge in [-0.05, 0) is 6.42 Å². The van der Waals surface area contributed by atoms with E-state index < -0.39 is 0 Å². The van der Waals surface area contributed by atoms with Gasteiger partial charge in [0.05, 0.1) is 38.2 Å². The van der Waals surface area contributed by atoms with E-state index in [1.165, 1.54) is 10.9 Å². The number of rotatable bonds is 10. The third-order valence-electron chi connectivity index (χ3n) is 2.52. The molecule has 0 amide bonds. The molecule has 0 unspecified atom stereocenters. The summed E-state index contributed by atoms with van der Waals surface area (Å²) in [5.74, 6) is 0. The van der Waals surface area contributed by atoms with Gasteiger partial charge in [-0.1, -0.05) is 17.7 Å². The normalized spacial score (nSPS) is 10.5. The summed E-state index contributed by atoms with van der Waals surface area (Å²) in [6.45, 7) is 6.11. The molecule has 1 aromatic rings. The Balaban J connectivity index is 2.48. The van der Waals surface area contributed by atoms with E-state index in [1.807, 2.05) is 0 Å². The smallest absolute Gasteiger partial charge is 0.287 e. The first-order valence-corrected chi connectivity index (χ1v) is 6.75. The van der Waals surface area contributed by atoms with Gasteiger partial charge in [-0.2, -0.15) is 5.10 Å². The number of hydrogen-bond donors (Lipinski definition) is 1. The molecule has 0 aliphatic heterocycles. The fraction of sp³-hybridized carbons (Fsp3) is 0.538. The number of hydrogen-bond acceptors (Lipinski definition) is 5. The Labute approximate surface area is 123 Å². The number of nitrogens with zero attached hydrogens (tertiary/aromatic N) is 2. The molecule has 0 radical (unpaired) electrons. The van der Waals surface area contributed by atoms with Crippen molar-refractivity contribution in [2.45, 2.75) is 13.0 Å². The molecule has 0 aromatic carbocycles. The van der Waals surface area contributed by atoms with Crippen LogP contribution in [0.3, 0.4) is 0 Å². The molecule has 0 fully saturated rings. The molecule has 0 aliphatic rings. The molecule has 0 saturated carbocycles. The van der Waals surface area contributed by atoms with Crippen molar-refractivity contribution in [3.63, 3.8) is 0 Å². The maximum atomic E-state index is 11.9. The first-order valence-electron chi connectivity index (χ1n) is 6.37. The van der Waals surface area contributed by atoms with Crippen LogP contribution in [-0.4, -0.2) is 43.3 Å². The lowest BCUT2D eigenvalue weighted by Gasteiger charge is -2.10. The zero-order valence-electron chi connectivity index (χ0n) is 11.6. The van der Waals surface area contributed by atoms with Crippen LogP contribution in [0.25, 0.3) is 0 Å². The van der Waals surface area contributed by atoms with E-state index in [9.17, 15) is 4.79 Å². The quantitative estimate of drug-likeness (QED) is 0.525. The van der Waals surface area contributed by atoms with E-state index >= 15 is 0 Å². The number of methoxy groups -OCH3 is 1. The molecule has 0 aliphatic carbocycles. The van der Waals surface area contributed by atoms with Gasteiger partial charge in [0.1, 0.15) is 5.02 Å². The van der Waals surface area contributed by atoms with Crippen molar-refractivity contribution in [3.8, 4) is 0 Å². The average Bonchev–Trinajstić information content (AvgIpc) is 2.46. The predicted molar refractivity (Wildman–Crippen MR) is 79.5 cm³/mol. The summed E-state index contributed by atoms with van der Waals surface area (Å²) < 4.78 is 11.5. The highest BCUT2D eigenvalue weighted by Gasteiger charge is 2.08. The number of aromatic nitrogens is 2. The molecule has 1 heterocycles. The molecule has 1 N–H and O–H groups in total. The summed E-state index contributed by atoms with van der Waals surface area (Å²) in [6.07, 6.45) is 4.15. The summed E-state index contributed by atoms with van der Waals surface area (Å²) in [7, 11) is 1.56. The van der Waals surface area contributed by atoms with Crippen LogP contribution < -0.4 is 10.9 Å². The lowest BCUT2D eigenvalue weighted by atomic mass is 10.4. The molecule has 7 heteroatoms. The van der Waals surface area contributed by atoms with Crippen LogP contribution in [0, 0.1) is 0 Å². The van der Waals surface area contributed by atoms with E-state index in [1.54, 1.807) is 13.2 Å². The minimum absolute atomic E-state index is 0.127. The zero-order chi connectivity index (χ0) is 14.8. The standard InChI is InChI=1S/C13H20ClN3O3/c1-3-4-7-20-8-5-15-11-10-16-17(6-9-19-2)13(18)12(11)14/h3,10,15H,1,4-9H2,2H3. The SMILES string of the molecule is C=CCCOCCNc1cnn(CCOC)c(=O)c1Cl. The fourth-order valence-corrected chi connectivity index (χ4v) is 1.67. The van der Waals surface area contributed by atoms with E-state index in [2.05, 4.69) is 17.0 Å². The number of anilines is 1. The molecule has 0 bridgehead atoms. The highest BCUT2D eigenvalue weighted by atomic mass is 35.5. The van der Waals surface area contributed by atoms with E-state index in [0.29, 0.717) is 38.6 Å². The highest BCUT2D eigenvalue weighted by molar-refractivity contribution is 6.32. The van der Waals surface area contributed by atoms with Crippen LogP contribution in [0.2, 0.25) is 5.02 Å². The Bertz CT molecular complexity index is 476. The predicted octanol–water partition coefficient (Wildman–Crippen LogP) is 1.55. The molecular weight excluding hydrogens is 282 g/mol. The molecule has 6 nitrogen and oxygen atoms in total. The van der Waals surface area contributed by atoms with Crippen molar-refractivity contribution < 1.29 is 9.47 Å². The average molecular weight is 302 g/mol. The second-order valence-corrected chi connectivity index (χ2v) is 4.39. The van der Waals surface area contributed by atoms with Crippen LogP contribution >= 0.6 is 11.6 Å². The molecular formula is C13H20ClN3O3. The Hall–Kier alpha value is -1.37. The van der Waals surface area contributed by atoms with Gasteiger partial charge in [0, 0.05) is 13.7 Å². The highest BCUT2D eigenvalue weighted by Crippen LogP contribution is 2.14. The van der Waals surface area contributed by atoms with Crippen LogP contribution in [0.4, 0.5) is 5.69 Å². The Morgan fingerprint density at radius 3 is 3.00 bits per heavy atom. The molecule has 1 rings (SSSR count). The lowest BCUT2D eigenvalue weighted by Crippen LogP contribution is -2.26. The van der Waals surface area contributed by atoms with Gasteiger partial charge in [0.2, 0.25) is 0 Å². The molecule has 0 saturated heterocycles. The summed E-state index contributed by atoms with van der Waals surface area (Å²) >= 11 is 6.01. The zero-order valence-corrected chi connectivity index (χ0v) is 12.4. The first-order chi connectivity index (χ1) is 9.70. The van der Waals surface area contributed by atoms with Crippen molar-refractivity contribution >= 4 is 17.3 Å². The van der Waals surface area contributed by atoms with Gasteiger partial charge in [0.25, 0.3) is 5.56 Å². The van der Waals surface area contributed by atoms with Gasteiger partial charge in [0.15, 0.2) is 0 Å². The second kappa shape index (κ2) is 9.52. The maximum absolute atomic E-state index is 11.9. The Morgan fingerprint density at radius 2 is 2.30 bits per heavy atom. The van der Waals surface area contributed by atoms with Crippen LogP contribution in [0.1, 0.15) is 6.42 Å². The summed E-state index contributed by atoms with van der Waals surface area (Å²) in [5.41, 5.74) is 0.180.